The van der Waals surface area contributed by atoms with E-state index in [9.17, 15) is 4.79 Å². The number of guanidine groups is 1. The highest BCUT2D eigenvalue weighted by molar-refractivity contribution is 14.0. The van der Waals surface area contributed by atoms with Gasteiger partial charge in [-0.05, 0) is 63.5 Å². The summed E-state index contributed by atoms with van der Waals surface area (Å²) in [6.07, 6.45) is 1.76. The molecule has 2 N–H and O–H groups in total. The van der Waals surface area contributed by atoms with E-state index in [4.69, 9.17) is 4.74 Å². The van der Waals surface area contributed by atoms with Crippen LogP contribution >= 0.6 is 35.3 Å². The van der Waals surface area contributed by atoms with E-state index in [0.29, 0.717) is 5.92 Å². The standard InChI is InChI=1S/C19H32N4O2S.HI/c1-14-8-11-26-16(14)13-22-17(20-5)21-12-15-6-9-23(10-7-15)18(24)25-19(2,3)4;/h8,11,15H,6-7,9-10,12-13H2,1-5H3,(H2,20,21,22);1H. The molecule has 1 aliphatic heterocycles. The summed E-state index contributed by atoms with van der Waals surface area (Å²) in [7, 11) is 1.79. The highest BCUT2D eigenvalue weighted by Gasteiger charge is 2.26. The molecular weight excluding hydrogens is 475 g/mol. The minimum Gasteiger partial charge on any atom is -0.444 e. The first-order valence-corrected chi connectivity index (χ1v) is 10.1. The number of carbonyl (C=O) groups is 1. The molecule has 8 heteroatoms. The number of nitrogens with zero attached hydrogens (tertiary/aromatic N) is 2. The van der Waals surface area contributed by atoms with E-state index in [0.717, 1.165) is 45.0 Å². The van der Waals surface area contributed by atoms with Crippen LogP contribution in [0.2, 0.25) is 0 Å². The van der Waals surface area contributed by atoms with Crippen molar-refractivity contribution in [3.63, 3.8) is 0 Å². The van der Waals surface area contributed by atoms with Crippen molar-refractivity contribution >= 4 is 47.4 Å². The number of ether oxygens (including phenoxy) is 1. The predicted octanol–water partition coefficient (Wildman–Crippen LogP) is 3.99. The van der Waals surface area contributed by atoms with E-state index >= 15 is 0 Å². The van der Waals surface area contributed by atoms with Crippen molar-refractivity contribution in [3.8, 4) is 0 Å². The molecule has 1 fully saturated rings. The fraction of sp³-hybridized carbons (Fsp3) is 0.684. The first-order valence-electron chi connectivity index (χ1n) is 9.24. The number of thiophene rings is 1. The van der Waals surface area contributed by atoms with Crippen molar-refractivity contribution in [1.82, 2.24) is 15.5 Å². The molecular formula is C19H33IN4O2S. The summed E-state index contributed by atoms with van der Waals surface area (Å²) >= 11 is 1.76. The van der Waals surface area contributed by atoms with Crippen LogP contribution in [0, 0.1) is 12.8 Å². The molecule has 27 heavy (non-hydrogen) atoms. The van der Waals surface area contributed by atoms with Crippen LogP contribution in [0.15, 0.2) is 16.4 Å². The van der Waals surface area contributed by atoms with E-state index < -0.39 is 5.60 Å². The van der Waals surface area contributed by atoms with Gasteiger partial charge in [0.2, 0.25) is 0 Å². The van der Waals surface area contributed by atoms with Crippen molar-refractivity contribution < 1.29 is 9.53 Å². The van der Waals surface area contributed by atoms with Crippen molar-refractivity contribution in [3.05, 3.63) is 21.9 Å². The molecule has 1 aromatic rings. The van der Waals surface area contributed by atoms with E-state index in [1.54, 1.807) is 18.4 Å². The summed E-state index contributed by atoms with van der Waals surface area (Å²) in [5, 5.41) is 8.89. The van der Waals surface area contributed by atoms with Gasteiger partial charge >= 0.3 is 6.09 Å². The van der Waals surface area contributed by atoms with Crippen LogP contribution in [0.25, 0.3) is 0 Å². The fourth-order valence-electron chi connectivity index (χ4n) is 2.86. The van der Waals surface area contributed by atoms with E-state index in [2.05, 4.69) is 34.0 Å². The largest absolute Gasteiger partial charge is 0.444 e. The van der Waals surface area contributed by atoms with Gasteiger partial charge in [0, 0.05) is 31.6 Å². The number of halogens is 1. The van der Waals surface area contributed by atoms with Crippen LogP contribution in [-0.2, 0) is 11.3 Å². The Kier molecular flexibility index (Phi) is 9.86. The third-order valence-corrected chi connectivity index (χ3v) is 5.46. The van der Waals surface area contributed by atoms with Gasteiger partial charge in [-0.2, -0.15) is 0 Å². The van der Waals surface area contributed by atoms with Crippen LogP contribution in [0.4, 0.5) is 4.79 Å². The number of carbonyl (C=O) groups excluding carboxylic acids is 1. The smallest absolute Gasteiger partial charge is 0.410 e. The lowest BCUT2D eigenvalue weighted by Crippen LogP contribution is -2.45. The quantitative estimate of drug-likeness (QED) is 0.367. The minimum atomic E-state index is -0.436. The molecule has 0 atom stereocenters. The average Bonchev–Trinajstić information content (AvgIpc) is 2.99. The molecule has 1 saturated heterocycles. The van der Waals surface area contributed by atoms with Crippen molar-refractivity contribution in [2.24, 2.45) is 10.9 Å². The molecule has 0 spiro atoms. The van der Waals surface area contributed by atoms with Gasteiger partial charge in [0.05, 0.1) is 6.54 Å². The van der Waals surface area contributed by atoms with Gasteiger partial charge in [0.1, 0.15) is 5.60 Å². The Morgan fingerprint density at radius 2 is 2.00 bits per heavy atom. The maximum absolute atomic E-state index is 12.1. The number of hydrogen-bond donors (Lipinski definition) is 2. The monoisotopic (exact) mass is 508 g/mol. The summed E-state index contributed by atoms with van der Waals surface area (Å²) in [4.78, 5) is 19.6. The number of aliphatic imine (C=N–C) groups is 1. The van der Waals surface area contributed by atoms with Crippen molar-refractivity contribution in [2.75, 3.05) is 26.7 Å². The second-order valence-electron chi connectivity index (χ2n) is 7.74. The third kappa shape index (κ3) is 8.25. The Balaban J connectivity index is 0.00000364. The summed E-state index contributed by atoms with van der Waals surface area (Å²) in [6, 6.07) is 2.14. The molecule has 1 aliphatic rings. The van der Waals surface area contributed by atoms with Crippen molar-refractivity contribution in [1.29, 1.82) is 0 Å². The Morgan fingerprint density at radius 1 is 1.33 bits per heavy atom. The lowest BCUT2D eigenvalue weighted by molar-refractivity contribution is 0.0185. The van der Waals surface area contributed by atoms with Gasteiger partial charge in [-0.3, -0.25) is 4.99 Å². The number of amides is 1. The molecule has 0 aliphatic carbocycles. The molecule has 1 amide bonds. The van der Waals surface area contributed by atoms with E-state index in [-0.39, 0.29) is 30.1 Å². The van der Waals surface area contributed by atoms with Gasteiger partial charge in [0.25, 0.3) is 0 Å². The van der Waals surface area contributed by atoms with Gasteiger partial charge in [0.15, 0.2) is 5.96 Å². The molecule has 154 valence electrons. The van der Waals surface area contributed by atoms with Crippen molar-refractivity contribution in [2.45, 2.75) is 52.7 Å². The highest BCUT2D eigenvalue weighted by Crippen LogP contribution is 2.19. The minimum absolute atomic E-state index is 0. The number of aryl methyl sites for hydroxylation is 1. The van der Waals surface area contributed by atoms with Gasteiger partial charge in [-0.1, -0.05) is 0 Å². The maximum Gasteiger partial charge on any atom is 0.410 e. The molecule has 0 unspecified atom stereocenters. The van der Waals surface area contributed by atoms with Gasteiger partial charge in [-0.15, -0.1) is 35.3 Å². The summed E-state index contributed by atoms with van der Waals surface area (Å²) in [5.74, 6) is 1.36. The van der Waals surface area contributed by atoms with Crippen LogP contribution in [0.3, 0.4) is 0 Å². The Bertz CT molecular complexity index is 619. The van der Waals surface area contributed by atoms with E-state index in [1.165, 1.54) is 10.4 Å². The Hall–Kier alpha value is -1.03. The zero-order valence-corrected chi connectivity index (χ0v) is 20.1. The molecule has 6 nitrogen and oxygen atoms in total. The third-order valence-electron chi connectivity index (χ3n) is 4.43. The highest BCUT2D eigenvalue weighted by atomic mass is 127. The maximum atomic E-state index is 12.1. The Labute approximate surface area is 184 Å². The number of piperidine rings is 1. The van der Waals surface area contributed by atoms with Crippen LogP contribution < -0.4 is 10.6 Å². The van der Waals surface area contributed by atoms with Gasteiger partial charge in [-0.25, -0.2) is 4.79 Å². The first-order chi connectivity index (χ1) is 12.3. The van der Waals surface area contributed by atoms with E-state index in [1.807, 2.05) is 25.7 Å². The lowest BCUT2D eigenvalue weighted by Gasteiger charge is -2.33. The Morgan fingerprint density at radius 3 is 2.52 bits per heavy atom. The number of nitrogens with one attached hydrogen (secondary N) is 2. The normalized spacial score (nSPS) is 15.9. The second-order valence-corrected chi connectivity index (χ2v) is 8.74. The van der Waals surface area contributed by atoms with Crippen LogP contribution in [0.5, 0.6) is 0 Å². The topological polar surface area (TPSA) is 66.0 Å². The molecule has 2 heterocycles. The first kappa shape index (κ1) is 24.0. The number of likely N-dealkylation sites (tertiary alicyclic amines) is 1. The molecule has 0 bridgehead atoms. The molecule has 1 aromatic heterocycles. The van der Waals surface area contributed by atoms with Gasteiger partial charge < -0.3 is 20.3 Å². The summed E-state index contributed by atoms with van der Waals surface area (Å²) in [5.41, 5.74) is 0.877. The average molecular weight is 508 g/mol. The zero-order valence-electron chi connectivity index (χ0n) is 17.0. The molecule has 0 radical (unpaired) electrons. The molecule has 0 saturated carbocycles. The van der Waals surface area contributed by atoms with Crippen LogP contribution in [-0.4, -0.2) is 49.2 Å². The summed E-state index contributed by atoms with van der Waals surface area (Å²) in [6.45, 7) is 11.0. The second kappa shape index (κ2) is 11.1. The fourth-order valence-corrected chi connectivity index (χ4v) is 3.70. The number of rotatable bonds is 4. The SMILES string of the molecule is CN=C(NCc1sccc1C)NCC1CCN(C(=O)OC(C)(C)C)CC1.I. The summed E-state index contributed by atoms with van der Waals surface area (Å²) < 4.78 is 5.45. The zero-order chi connectivity index (χ0) is 19.2. The molecule has 0 aromatic carbocycles. The number of hydrogen-bond acceptors (Lipinski definition) is 4. The lowest BCUT2D eigenvalue weighted by atomic mass is 9.97. The predicted molar refractivity (Wildman–Crippen MR) is 123 cm³/mol. The van der Waals surface area contributed by atoms with Crippen LogP contribution in [0.1, 0.15) is 44.1 Å². The molecule has 2 rings (SSSR count).